The summed E-state index contributed by atoms with van der Waals surface area (Å²) in [6.45, 7) is 13.7. The van der Waals surface area contributed by atoms with Crippen molar-refractivity contribution >= 4 is 14.3 Å². The molecule has 1 rings (SSSR count). The van der Waals surface area contributed by atoms with Crippen LogP contribution in [0.15, 0.2) is 0 Å². The summed E-state index contributed by atoms with van der Waals surface area (Å²) in [5.74, 6) is -0.152. The van der Waals surface area contributed by atoms with Crippen LogP contribution in [0.5, 0.6) is 0 Å². The van der Waals surface area contributed by atoms with Crippen LogP contribution in [0, 0.1) is 5.92 Å². The van der Waals surface area contributed by atoms with Crippen molar-refractivity contribution < 1.29 is 14.0 Å². The van der Waals surface area contributed by atoms with Crippen LogP contribution < -0.4 is 0 Å². The minimum Gasteiger partial charge on any atom is -0.465 e. The Labute approximate surface area is 106 Å². The molecular formula is C13H26O3Si. The van der Waals surface area contributed by atoms with Gasteiger partial charge in [-0.15, -0.1) is 0 Å². The molecule has 1 heterocycles. The summed E-state index contributed by atoms with van der Waals surface area (Å²) in [4.78, 5) is 11.7. The van der Waals surface area contributed by atoms with Crippen LogP contribution >= 0.6 is 0 Å². The zero-order chi connectivity index (χ0) is 13.3. The largest absolute Gasteiger partial charge is 0.465 e. The third-order valence-electron chi connectivity index (χ3n) is 4.09. The van der Waals surface area contributed by atoms with Gasteiger partial charge in [0.15, 0.2) is 8.32 Å². The molecule has 0 aromatic heterocycles. The molecule has 0 aliphatic carbocycles. The summed E-state index contributed by atoms with van der Waals surface area (Å²) in [7, 11) is -1.79. The highest BCUT2D eigenvalue weighted by molar-refractivity contribution is 6.74. The molecule has 100 valence electrons. The van der Waals surface area contributed by atoms with Gasteiger partial charge in [-0.1, -0.05) is 27.7 Å². The second-order valence-electron chi connectivity index (χ2n) is 6.39. The van der Waals surface area contributed by atoms with Crippen molar-refractivity contribution in [1.29, 1.82) is 0 Å². The van der Waals surface area contributed by atoms with Crippen molar-refractivity contribution in [1.82, 2.24) is 0 Å². The minimum absolute atomic E-state index is 0.0575. The Balaban J connectivity index is 2.76. The molecule has 1 aliphatic heterocycles. The molecule has 0 aromatic rings. The van der Waals surface area contributed by atoms with Gasteiger partial charge in [0.1, 0.15) is 0 Å². The van der Waals surface area contributed by atoms with Gasteiger partial charge in [0.05, 0.1) is 18.6 Å². The Morgan fingerprint density at radius 3 is 2.47 bits per heavy atom. The van der Waals surface area contributed by atoms with Gasteiger partial charge < -0.3 is 9.16 Å². The number of cyclic esters (lactones) is 1. The van der Waals surface area contributed by atoms with Crippen LogP contribution in [0.25, 0.3) is 0 Å². The third kappa shape index (κ3) is 3.32. The zero-order valence-electron chi connectivity index (χ0n) is 12.0. The second kappa shape index (κ2) is 5.10. The third-order valence-corrected chi connectivity index (χ3v) is 8.59. The molecule has 0 unspecified atom stereocenters. The summed E-state index contributed by atoms with van der Waals surface area (Å²) in [6, 6.07) is 0. The first-order valence-electron chi connectivity index (χ1n) is 6.53. The lowest BCUT2D eigenvalue weighted by molar-refractivity contribution is -0.159. The fourth-order valence-electron chi connectivity index (χ4n) is 1.86. The fraction of sp³-hybridized carbons (Fsp3) is 0.923. The van der Waals surface area contributed by atoms with Gasteiger partial charge in [0, 0.05) is 6.42 Å². The van der Waals surface area contributed by atoms with Gasteiger partial charge >= 0.3 is 5.97 Å². The van der Waals surface area contributed by atoms with E-state index in [9.17, 15) is 4.79 Å². The maximum absolute atomic E-state index is 11.7. The lowest BCUT2D eigenvalue weighted by Gasteiger charge is -2.42. The van der Waals surface area contributed by atoms with Crippen molar-refractivity contribution in [3.05, 3.63) is 0 Å². The van der Waals surface area contributed by atoms with E-state index in [2.05, 4.69) is 33.9 Å². The van der Waals surface area contributed by atoms with Crippen molar-refractivity contribution in [2.24, 2.45) is 5.92 Å². The number of esters is 1. The van der Waals surface area contributed by atoms with E-state index in [0.717, 1.165) is 12.8 Å². The highest BCUT2D eigenvalue weighted by Gasteiger charge is 2.43. The van der Waals surface area contributed by atoms with Crippen LogP contribution in [0.2, 0.25) is 18.1 Å². The van der Waals surface area contributed by atoms with Gasteiger partial charge in [-0.2, -0.15) is 0 Å². The number of rotatable bonds is 3. The van der Waals surface area contributed by atoms with E-state index in [1.54, 1.807) is 0 Å². The van der Waals surface area contributed by atoms with E-state index >= 15 is 0 Å². The van der Waals surface area contributed by atoms with Crippen LogP contribution in [-0.4, -0.2) is 27.0 Å². The second-order valence-corrected chi connectivity index (χ2v) is 11.1. The average Bonchev–Trinajstić information content (AvgIpc) is 2.15. The SMILES string of the molecule is CC[C@@H]1C(=O)OCC[C@H]1O[Si](C)(C)C(C)(C)C. The maximum atomic E-state index is 11.7. The average molecular weight is 258 g/mol. The van der Waals surface area contributed by atoms with Crippen LogP contribution in [0.4, 0.5) is 0 Å². The summed E-state index contributed by atoms with van der Waals surface area (Å²) in [5, 5.41) is 0.187. The van der Waals surface area contributed by atoms with Crippen molar-refractivity contribution in [3.8, 4) is 0 Å². The molecule has 0 aromatic carbocycles. The number of hydrogen-bond acceptors (Lipinski definition) is 3. The summed E-state index contributed by atoms with van der Waals surface area (Å²) in [6.07, 6.45) is 1.71. The topological polar surface area (TPSA) is 35.5 Å². The molecule has 1 fully saturated rings. The van der Waals surface area contributed by atoms with Gasteiger partial charge in [-0.05, 0) is 24.6 Å². The van der Waals surface area contributed by atoms with E-state index in [-0.39, 0.29) is 23.0 Å². The Kier molecular flexibility index (Phi) is 4.41. The smallest absolute Gasteiger partial charge is 0.311 e. The molecule has 17 heavy (non-hydrogen) atoms. The lowest BCUT2D eigenvalue weighted by atomic mass is 9.95. The van der Waals surface area contributed by atoms with E-state index in [0.29, 0.717) is 6.61 Å². The predicted molar refractivity (Wildman–Crippen MR) is 71.4 cm³/mol. The Hall–Kier alpha value is -0.353. The van der Waals surface area contributed by atoms with Gasteiger partial charge in [0.2, 0.25) is 0 Å². The van der Waals surface area contributed by atoms with E-state index < -0.39 is 8.32 Å². The van der Waals surface area contributed by atoms with Crippen LogP contribution in [0.1, 0.15) is 40.5 Å². The highest BCUT2D eigenvalue weighted by Crippen LogP contribution is 2.39. The maximum Gasteiger partial charge on any atom is 0.311 e. The summed E-state index contributed by atoms with van der Waals surface area (Å²) < 4.78 is 11.5. The number of hydrogen-bond donors (Lipinski definition) is 0. The molecular weight excluding hydrogens is 232 g/mol. The molecule has 3 nitrogen and oxygen atoms in total. The number of carbonyl (C=O) groups excluding carboxylic acids is 1. The standard InChI is InChI=1S/C13H26O3Si/c1-7-10-11(8-9-15-12(10)14)16-17(5,6)13(2,3)4/h10-11H,7-9H2,1-6H3/t10-,11+/m0/s1. The molecule has 4 heteroatoms. The van der Waals surface area contributed by atoms with Gasteiger partial charge in [-0.3, -0.25) is 4.79 Å². The Morgan fingerprint density at radius 1 is 1.41 bits per heavy atom. The molecule has 0 radical (unpaired) electrons. The Bertz CT molecular complexity index is 281. The Morgan fingerprint density at radius 2 is 2.00 bits per heavy atom. The monoisotopic (exact) mass is 258 g/mol. The highest BCUT2D eigenvalue weighted by atomic mass is 28.4. The minimum atomic E-state index is -1.79. The van der Waals surface area contributed by atoms with Crippen LogP contribution in [0.3, 0.4) is 0 Å². The normalized spacial score (nSPS) is 26.8. The van der Waals surface area contributed by atoms with Gasteiger partial charge in [-0.25, -0.2) is 0 Å². The molecule has 0 spiro atoms. The van der Waals surface area contributed by atoms with Gasteiger partial charge in [0.25, 0.3) is 0 Å². The molecule has 1 aliphatic rings. The molecule has 0 saturated carbocycles. The summed E-state index contributed by atoms with van der Waals surface area (Å²) >= 11 is 0. The van der Waals surface area contributed by atoms with E-state index in [1.165, 1.54) is 0 Å². The fourth-order valence-corrected chi connectivity index (χ4v) is 3.25. The zero-order valence-corrected chi connectivity index (χ0v) is 13.0. The molecule has 2 atom stereocenters. The first-order chi connectivity index (χ1) is 7.69. The van der Waals surface area contributed by atoms with Crippen molar-refractivity contribution in [3.63, 3.8) is 0 Å². The lowest BCUT2D eigenvalue weighted by Crippen LogP contribution is -2.49. The first kappa shape index (κ1) is 14.7. The molecule has 0 bridgehead atoms. The first-order valence-corrected chi connectivity index (χ1v) is 9.44. The van der Waals surface area contributed by atoms with E-state index in [4.69, 9.17) is 9.16 Å². The molecule has 0 amide bonds. The van der Waals surface area contributed by atoms with Crippen molar-refractivity contribution in [2.45, 2.75) is 64.8 Å². The summed E-state index contributed by atoms with van der Waals surface area (Å²) in [5.41, 5.74) is 0. The van der Waals surface area contributed by atoms with E-state index in [1.807, 2.05) is 6.92 Å². The molecule has 1 saturated heterocycles. The quantitative estimate of drug-likeness (QED) is 0.575. The van der Waals surface area contributed by atoms with Crippen molar-refractivity contribution in [2.75, 3.05) is 6.61 Å². The number of carbonyl (C=O) groups is 1. The van der Waals surface area contributed by atoms with Crippen LogP contribution in [-0.2, 0) is 14.0 Å². The molecule has 0 N–H and O–H groups in total. The predicted octanol–water partition coefficient (Wildman–Crippen LogP) is 3.35. The number of ether oxygens (including phenoxy) is 1.